The number of halogens is 3. The Morgan fingerprint density at radius 2 is 1.64 bits per heavy atom. The zero-order valence-electron chi connectivity index (χ0n) is 14.2. The smallest absolute Gasteiger partial charge is 0.238 e. The van der Waals surface area contributed by atoms with E-state index in [0.29, 0.717) is 26.7 Å². The summed E-state index contributed by atoms with van der Waals surface area (Å²) in [5.74, 6) is 0.872. The first-order valence-electron chi connectivity index (χ1n) is 8.14. The molecule has 0 radical (unpaired) electrons. The number of anilines is 1. The van der Waals surface area contributed by atoms with Crippen LogP contribution in [0.25, 0.3) is 10.9 Å². The molecule has 0 bridgehead atoms. The summed E-state index contributed by atoms with van der Waals surface area (Å²) >= 11 is 19.7. The third-order valence-corrected chi connectivity index (χ3v) is 5.23. The van der Waals surface area contributed by atoms with Gasteiger partial charge in [-0.2, -0.15) is 0 Å². The standard InChI is InChI=1S/C20H12Cl3N3OS/c21-13-6-14(22)8-17(7-13)28-26-15-9-18(23)20(25-10-15)27-16-5-12-3-1-2-4-19(12)24-11-16/h1-11,26H. The summed E-state index contributed by atoms with van der Waals surface area (Å²) in [5.41, 5.74) is 1.61. The minimum atomic E-state index is 0.306. The molecule has 140 valence electrons. The summed E-state index contributed by atoms with van der Waals surface area (Å²) in [6.45, 7) is 0. The Morgan fingerprint density at radius 3 is 2.43 bits per heavy atom. The Balaban J connectivity index is 1.47. The molecule has 0 amide bonds. The van der Waals surface area contributed by atoms with Crippen molar-refractivity contribution in [1.82, 2.24) is 9.97 Å². The van der Waals surface area contributed by atoms with Crippen molar-refractivity contribution in [2.75, 3.05) is 4.72 Å². The van der Waals surface area contributed by atoms with Crippen molar-refractivity contribution in [3.8, 4) is 11.6 Å². The van der Waals surface area contributed by atoms with Crippen molar-refractivity contribution in [3.05, 3.63) is 82.1 Å². The maximum atomic E-state index is 6.33. The first kappa shape index (κ1) is 19.2. The van der Waals surface area contributed by atoms with Gasteiger partial charge < -0.3 is 9.46 Å². The summed E-state index contributed by atoms with van der Waals surface area (Å²) in [7, 11) is 0. The van der Waals surface area contributed by atoms with Crippen molar-refractivity contribution in [3.63, 3.8) is 0 Å². The van der Waals surface area contributed by atoms with E-state index in [4.69, 9.17) is 39.5 Å². The van der Waals surface area contributed by atoms with Crippen LogP contribution in [0.5, 0.6) is 11.6 Å². The molecule has 0 aliphatic carbocycles. The van der Waals surface area contributed by atoms with Crippen molar-refractivity contribution in [2.45, 2.75) is 4.90 Å². The fourth-order valence-corrected chi connectivity index (χ4v) is 4.06. The minimum absolute atomic E-state index is 0.306. The van der Waals surface area contributed by atoms with Gasteiger partial charge in [0.15, 0.2) is 0 Å². The number of ether oxygens (including phenoxy) is 1. The number of hydrogen-bond acceptors (Lipinski definition) is 5. The van der Waals surface area contributed by atoms with E-state index < -0.39 is 0 Å². The van der Waals surface area contributed by atoms with Crippen LogP contribution in [-0.2, 0) is 0 Å². The zero-order valence-corrected chi connectivity index (χ0v) is 17.3. The van der Waals surface area contributed by atoms with Gasteiger partial charge in [-0.25, -0.2) is 4.98 Å². The highest BCUT2D eigenvalue weighted by Gasteiger charge is 2.08. The lowest BCUT2D eigenvalue weighted by Gasteiger charge is -2.10. The van der Waals surface area contributed by atoms with E-state index in [1.807, 2.05) is 42.5 Å². The molecule has 2 heterocycles. The predicted molar refractivity (Wildman–Crippen MR) is 117 cm³/mol. The number of aromatic nitrogens is 2. The van der Waals surface area contributed by atoms with Gasteiger partial charge in [-0.15, -0.1) is 0 Å². The molecule has 4 rings (SSSR count). The average Bonchev–Trinajstić information content (AvgIpc) is 2.67. The van der Waals surface area contributed by atoms with Gasteiger partial charge in [-0.1, -0.05) is 53.0 Å². The Morgan fingerprint density at radius 1 is 0.857 bits per heavy atom. The molecule has 0 unspecified atom stereocenters. The van der Waals surface area contributed by atoms with Crippen molar-refractivity contribution in [1.29, 1.82) is 0 Å². The molecule has 8 heteroatoms. The van der Waals surface area contributed by atoms with Gasteiger partial charge in [0.1, 0.15) is 10.8 Å². The number of nitrogens with zero attached hydrogens (tertiary/aromatic N) is 2. The van der Waals surface area contributed by atoms with Gasteiger partial charge in [0.2, 0.25) is 5.88 Å². The Bertz CT molecular complexity index is 1140. The van der Waals surface area contributed by atoms with Crippen molar-refractivity contribution >= 4 is 63.3 Å². The number of pyridine rings is 2. The van der Waals surface area contributed by atoms with Crippen LogP contribution in [0, 0.1) is 0 Å². The lowest BCUT2D eigenvalue weighted by Crippen LogP contribution is -1.93. The number of hydrogen-bond donors (Lipinski definition) is 1. The molecule has 28 heavy (non-hydrogen) atoms. The normalized spacial score (nSPS) is 10.8. The van der Waals surface area contributed by atoms with E-state index >= 15 is 0 Å². The Kier molecular flexibility index (Phi) is 5.78. The quantitative estimate of drug-likeness (QED) is 0.320. The largest absolute Gasteiger partial charge is 0.436 e. The molecule has 0 atom stereocenters. The third kappa shape index (κ3) is 4.62. The molecule has 4 aromatic rings. The van der Waals surface area contributed by atoms with Crippen molar-refractivity contribution in [2.24, 2.45) is 0 Å². The Labute approximate surface area is 180 Å². The second-order valence-corrected chi connectivity index (χ2v) is 7.95. The van der Waals surface area contributed by atoms with Crippen LogP contribution < -0.4 is 9.46 Å². The van der Waals surface area contributed by atoms with E-state index in [2.05, 4.69) is 14.7 Å². The van der Waals surface area contributed by atoms with E-state index in [9.17, 15) is 0 Å². The first-order chi connectivity index (χ1) is 13.6. The fraction of sp³-hybridized carbons (Fsp3) is 0. The van der Waals surface area contributed by atoms with Gasteiger partial charge >= 0.3 is 0 Å². The molecular weight excluding hydrogens is 437 g/mol. The summed E-state index contributed by atoms with van der Waals surface area (Å²) < 4.78 is 8.95. The summed E-state index contributed by atoms with van der Waals surface area (Å²) in [4.78, 5) is 9.53. The third-order valence-electron chi connectivity index (χ3n) is 3.71. The topological polar surface area (TPSA) is 47.0 Å². The monoisotopic (exact) mass is 447 g/mol. The van der Waals surface area contributed by atoms with E-state index in [0.717, 1.165) is 21.5 Å². The van der Waals surface area contributed by atoms with Crippen LogP contribution in [-0.4, -0.2) is 9.97 Å². The molecule has 0 aliphatic heterocycles. The molecule has 1 N–H and O–H groups in total. The van der Waals surface area contributed by atoms with Crippen LogP contribution in [0.15, 0.2) is 71.9 Å². The second-order valence-electron chi connectivity index (χ2n) is 5.79. The summed E-state index contributed by atoms with van der Waals surface area (Å²) in [5, 5.41) is 2.50. The Hall–Kier alpha value is -2.18. The molecule has 2 aromatic carbocycles. The van der Waals surface area contributed by atoms with Crippen LogP contribution in [0.3, 0.4) is 0 Å². The minimum Gasteiger partial charge on any atom is -0.436 e. The molecule has 0 fully saturated rings. The van der Waals surface area contributed by atoms with E-state index in [1.54, 1.807) is 24.5 Å². The molecule has 2 aromatic heterocycles. The van der Waals surface area contributed by atoms with Gasteiger partial charge in [0.25, 0.3) is 0 Å². The zero-order chi connectivity index (χ0) is 19.5. The number of nitrogens with one attached hydrogen (secondary N) is 1. The maximum Gasteiger partial charge on any atom is 0.238 e. The van der Waals surface area contributed by atoms with Gasteiger partial charge in [0, 0.05) is 20.3 Å². The lowest BCUT2D eigenvalue weighted by atomic mass is 10.2. The van der Waals surface area contributed by atoms with Crippen LogP contribution in [0.1, 0.15) is 0 Å². The number of fused-ring (bicyclic) bond motifs is 1. The number of para-hydroxylation sites is 1. The molecule has 0 aliphatic rings. The first-order valence-corrected chi connectivity index (χ1v) is 10.1. The summed E-state index contributed by atoms with van der Waals surface area (Å²) in [6.07, 6.45) is 3.28. The van der Waals surface area contributed by atoms with Crippen molar-refractivity contribution < 1.29 is 4.74 Å². The lowest BCUT2D eigenvalue weighted by molar-refractivity contribution is 0.462. The molecular formula is C20H12Cl3N3OS. The molecule has 0 spiro atoms. The number of rotatable bonds is 5. The predicted octanol–water partition coefficient (Wildman–Crippen LogP) is 7.50. The highest BCUT2D eigenvalue weighted by Crippen LogP contribution is 2.32. The fourth-order valence-electron chi connectivity index (χ4n) is 2.48. The SMILES string of the molecule is Clc1cc(Cl)cc(SNc2cnc(Oc3cnc4ccccc4c3)c(Cl)c2)c1. The highest BCUT2D eigenvalue weighted by molar-refractivity contribution is 8.00. The second kappa shape index (κ2) is 8.45. The maximum absolute atomic E-state index is 6.33. The number of benzene rings is 2. The van der Waals surface area contributed by atoms with Crippen LogP contribution in [0.4, 0.5) is 5.69 Å². The van der Waals surface area contributed by atoms with Crippen LogP contribution >= 0.6 is 46.8 Å². The average molecular weight is 449 g/mol. The van der Waals surface area contributed by atoms with Crippen LogP contribution in [0.2, 0.25) is 15.1 Å². The van der Waals surface area contributed by atoms with Gasteiger partial charge in [0.05, 0.1) is 23.6 Å². The van der Waals surface area contributed by atoms with Gasteiger partial charge in [-0.05, 0) is 48.3 Å². The summed E-state index contributed by atoms with van der Waals surface area (Å²) in [6, 6.07) is 16.7. The molecule has 4 nitrogen and oxygen atoms in total. The molecule has 0 saturated heterocycles. The van der Waals surface area contributed by atoms with E-state index in [-0.39, 0.29) is 0 Å². The highest BCUT2D eigenvalue weighted by atomic mass is 35.5. The van der Waals surface area contributed by atoms with Gasteiger partial charge in [-0.3, -0.25) is 4.98 Å². The molecule has 0 saturated carbocycles. The van der Waals surface area contributed by atoms with E-state index in [1.165, 1.54) is 11.9 Å².